The lowest BCUT2D eigenvalue weighted by Gasteiger charge is -2.38. The highest BCUT2D eigenvalue weighted by Crippen LogP contribution is 2.63. The Kier molecular flexibility index (Phi) is 2.60. The number of Topliss-reactive ketones (excluding diaryl/α,β-unsaturated/α-hetero) is 2. The minimum absolute atomic E-state index is 0.0400. The van der Waals surface area contributed by atoms with Crippen molar-refractivity contribution in [2.75, 3.05) is 6.61 Å². The molecule has 3 aliphatic rings. The molecule has 4 rings (SSSR count). The molecule has 4 unspecified atom stereocenters. The first-order valence-corrected chi connectivity index (χ1v) is 7.90. The lowest BCUT2D eigenvalue weighted by atomic mass is 9.63. The van der Waals surface area contributed by atoms with E-state index in [0.717, 1.165) is 19.3 Å². The van der Waals surface area contributed by atoms with Gasteiger partial charge in [0.1, 0.15) is 5.75 Å². The van der Waals surface area contributed by atoms with Crippen LogP contribution in [0.2, 0.25) is 0 Å². The Morgan fingerprint density at radius 1 is 1.24 bits per heavy atom. The fraction of sp³-hybridized carbons (Fsp3) is 0.556. The number of carbonyl (C=O) groups is 2. The van der Waals surface area contributed by atoms with E-state index in [1.54, 1.807) is 12.1 Å². The number of hydrogen-bond donors (Lipinski definition) is 0. The molecule has 0 amide bonds. The second kappa shape index (κ2) is 4.19. The monoisotopic (exact) mass is 284 g/mol. The van der Waals surface area contributed by atoms with Crippen LogP contribution in [0.25, 0.3) is 0 Å². The standard InChI is InChI=1S/C18H20O3/c1-3-21-11-4-5-12-13(8-11)16(19)14-10-6-7-18(2,9-10)15(14)17(12)20/h4-5,8,10,14-15H,3,6-7,9H2,1-2H3. The van der Waals surface area contributed by atoms with Gasteiger partial charge in [-0.25, -0.2) is 0 Å². The van der Waals surface area contributed by atoms with Crippen LogP contribution in [0.4, 0.5) is 0 Å². The van der Waals surface area contributed by atoms with Gasteiger partial charge in [-0.05, 0) is 55.7 Å². The summed E-state index contributed by atoms with van der Waals surface area (Å²) in [6.45, 7) is 4.68. The van der Waals surface area contributed by atoms with Gasteiger partial charge in [0.2, 0.25) is 0 Å². The Hall–Kier alpha value is -1.64. The molecule has 0 aliphatic heterocycles. The van der Waals surface area contributed by atoms with E-state index in [1.807, 2.05) is 13.0 Å². The highest BCUT2D eigenvalue weighted by Gasteiger charge is 2.62. The predicted octanol–water partition coefficient (Wildman–Crippen LogP) is 3.52. The third kappa shape index (κ3) is 1.60. The Balaban J connectivity index is 1.83. The zero-order valence-corrected chi connectivity index (χ0v) is 12.5. The fourth-order valence-electron chi connectivity index (χ4n) is 5.00. The quantitative estimate of drug-likeness (QED) is 0.834. The van der Waals surface area contributed by atoms with E-state index in [9.17, 15) is 9.59 Å². The Morgan fingerprint density at radius 3 is 2.81 bits per heavy atom. The summed E-state index contributed by atoms with van der Waals surface area (Å²) in [7, 11) is 0. The van der Waals surface area contributed by atoms with Crippen LogP contribution in [0.1, 0.15) is 53.8 Å². The maximum atomic E-state index is 12.9. The van der Waals surface area contributed by atoms with Crippen LogP contribution in [0.5, 0.6) is 5.75 Å². The number of carbonyl (C=O) groups excluding carboxylic acids is 2. The third-order valence-corrected chi connectivity index (χ3v) is 5.85. The molecule has 4 atom stereocenters. The van der Waals surface area contributed by atoms with Gasteiger partial charge >= 0.3 is 0 Å². The first-order valence-electron chi connectivity index (χ1n) is 7.90. The summed E-state index contributed by atoms with van der Waals surface area (Å²) in [4.78, 5) is 25.8. The average Bonchev–Trinajstić information content (AvgIpc) is 2.98. The van der Waals surface area contributed by atoms with Crippen LogP contribution in [0.15, 0.2) is 18.2 Å². The predicted molar refractivity (Wildman–Crippen MR) is 78.7 cm³/mol. The van der Waals surface area contributed by atoms with E-state index < -0.39 is 0 Å². The molecule has 21 heavy (non-hydrogen) atoms. The summed E-state index contributed by atoms with van der Waals surface area (Å²) in [5.41, 5.74) is 1.24. The zero-order valence-electron chi connectivity index (χ0n) is 12.5. The number of ether oxygens (including phenoxy) is 1. The minimum Gasteiger partial charge on any atom is -0.494 e. The van der Waals surface area contributed by atoms with Crippen LogP contribution >= 0.6 is 0 Å². The van der Waals surface area contributed by atoms with Crippen molar-refractivity contribution < 1.29 is 14.3 Å². The van der Waals surface area contributed by atoms with Gasteiger partial charge in [-0.15, -0.1) is 0 Å². The number of rotatable bonds is 2. The number of hydrogen-bond acceptors (Lipinski definition) is 3. The molecular formula is C18H20O3. The molecule has 0 spiro atoms. The van der Waals surface area contributed by atoms with E-state index in [-0.39, 0.29) is 28.8 Å². The van der Waals surface area contributed by atoms with Gasteiger partial charge < -0.3 is 4.74 Å². The molecule has 3 heteroatoms. The molecule has 110 valence electrons. The first-order chi connectivity index (χ1) is 10.0. The Bertz CT molecular complexity index is 648. The van der Waals surface area contributed by atoms with Gasteiger partial charge in [-0.3, -0.25) is 9.59 Å². The fourth-order valence-corrected chi connectivity index (χ4v) is 5.00. The van der Waals surface area contributed by atoms with Crippen molar-refractivity contribution in [3.63, 3.8) is 0 Å². The topological polar surface area (TPSA) is 43.4 Å². The molecule has 3 aliphatic carbocycles. The molecule has 1 aromatic carbocycles. The van der Waals surface area contributed by atoms with Crippen molar-refractivity contribution >= 4 is 11.6 Å². The highest BCUT2D eigenvalue weighted by molar-refractivity contribution is 6.17. The highest BCUT2D eigenvalue weighted by atomic mass is 16.5. The van der Waals surface area contributed by atoms with E-state index in [1.165, 1.54) is 0 Å². The molecule has 2 bridgehead atoms. The summed E-state index contributed by atoms with van der Waals surface area (Å²) in [5, 5.41) is 0. The maximum absolute atomic E-state index is 12.9. The van der Waals surface area contributed by atoms with Gasteiger partial charge in [-0.1, -0.05) is 6.92 Å². The van der Waals surface area contributed by atoms with Crippen molar-refractivity contribution in [2.24, 2.45) is 23.2 Å². The van der Waals surface area contributed by atoms with E-state index in [4.69, 9.17) is 4.74 Å². The average molecular weight is 284 g/mol. The molecule has 0 N–H and O–H groups in total. The van der Waals surface area contributed by atoms with Crippen LogP contribution in [-0.4, -0.2) is 18.2 Å². The maximum Gasteiger partial charge on any atom is 0.167 e. The lowest BCUT2D eigenvalue weighted by Crippen LogP contribution is -2.43. The second-order valence-corrected chi connectivity index (χ2v) is 7.03. The van der Waals surface area contributed by atoms with Crippen LogP contribution in [0, 0.1) is 23.2 Å². The van der Waals surface area contributed by atoms with Crippen LogP contribution in [-0.2, 0) is 0 Å². The molecule has 0 radical (unpaired) electrons. The summed E-state index contributed by atoms with van der Waals surface area (Å²) in [5.74, 6) is 1.27. The van der Waals surface area contributed by atoms with E-state index in [0.29, 0.717) is 29.4 Å². The number of fused-ring (bicyclic) bond motifs is 6. The molecule has 2 fully saturated rings. The van der Waals surface area contributed by atoms with Crippen molar-refractivity contribution in [1.82, 2.24) is 0 Å². The third-order valence-electron chi connectivity index (χ3n) is 5.85. The van der Waals surface area contributed by atoms with Crippen molar-refractivity contribution in [2.45, 2.75) is 33.1 Å². The summed E-state index contributed by atoms with van der Waals surface area (Å²) < 4.78 is 5.49. The molecule has 0 saturated heterocycles. The SMILES string of the molecule is CCOc1ccc2c(c1)C(=O)C1C3CCC(C)(C3)C1C2=O. The Morgan fingerprint density at radius 2 is 2.05 bits per heavy atom. The molecular weight excluding hydrogens is 264 g/mol. The second-order valence-electron chi connectivity index (χ2n) is 7.03. The zero-order chi connectivity index (χ0) is 14.8. The van der Waals surface area contributed by atoms with Gasteiger partial charge in [0, 0.05) is 23.0 Å². The minimum atomic E-state index is -0.0887. The lowest BCUT2D eigenvalue weighted by molar-refractivity contribution is 0.0572. The molecule has 2 saturated carbocycles. The molecule has 1 aromatic rings. The molecule has 0 aromatic heterocycles. The van der Waals surface area contributed by atoms with Gasteiger partial charge in [0.15, 0.2) is 11.6 Å². The largest absolute Gasteiger partial charge is 0.494 e. The Labute approximate surface area is 124 Å². The van der Waals surface area contributed by atoms with Crippen LogP contribution < -0.4 is 4.74 Å². The molecule has 3 nitrogen and oxygen atoms in total. The first kappa shape index (κ1) is 13.1. The van der Waals surface area contributed by atoms with E-state index in [2.05, 4.69) is 6.92 Å². The summed E-state index contributed by atoms with van der Waals surface area (Å²) in [6, 6.07) is 5.36. The summed E-state index contributed by atoms with van der Waals surface area (Å²) in [6.07, 6.45) is 3.22. The van der Waals surface area contributed by atoms with Crippen molar-refractivity contribution in [3.8, 4) is 5.75 Å². The summed E-state index contributed by atoms with van der Waals surface area (Å²) >= 11 is 0. The van der Waals surface area contributed by atoms with Gasteiger partial charge in [0.05, 0.1) is 6.61 Å². The van der Waals surface area contributed by atoms with Crippen molar-refractivity contribution in [1.29, 1.82) is 0 Å². The normalized spacial score (nSPS) is 36.6. The van der Waals surface area contributed by atoms with Crippen LogP contribution in [0.3, 0.4) is 0 Å². The van der Waals surface area contributed by atoms with Gasteiger partial charge in [0.25, 0.3) is 0 Å². The smallest absolute Gasteiger partial charge is 0.167 e. The molecule has 0 heterocycles. The number of benzene rings is 1. The van der Waals surface area contributed by atoms with Gasteiger partial charge in [-0.2, -0.15) is 0 Å². The van der Waals surface area contributed by atoms with Crippen molar-refractivity contribution in [3.05, 3.63) is 29.3 Å². The van der Waals surface area contributed by atoms with E-state index >= 15 is 0 Å². The number of ketones is 2.